The Hall–Kier alpha value is -3.03. The minimum absolute atomic E-state index is 0.00971. The van der Waals surface area contributed by atoms with Gasteiger partial charge in [-0.3, -0.25) is 9.79 Å². The molecule has 19 atom stereocenters. The van der Waals surface area contributed by atoms with Crippen LogP contribution in [0, 0.1) is 17.8 Å². The summed E-state index contributed by atoms with van der Waals surface area (Å²) in [5, 5.41) is 25.5. The highest BCUT2D eigenvalue weighted by Crippen LogP contribution is 2.55. The number of ketones is 1. The normalized spacial score (nSPS) is 45.6. The number of nitrogens with two attached hydrogens (primary N) is 1. The molecule has 7 saturated heterocycles. The molecule has 1 aromatic rings. The fourth-order valence-corrected chi connectivity index (χ4v) is 12.7. The van der Waals surface area contributed by atoms with Crippen LogP contribution in [-0.4, -0.2) is 138 Å². The van der Waals surface area contributed by atoms with Crippen LogP contribution < -0.4 is 11.1 Å². The van der Waals surface area contributed by atoms with E-state index in [0.717, 1.165) is 42.5 Å². The summed E-state index contributed by atoms with van der Waals surface area (Å²) in [5.41, 5.74) is 7.81. The maximum Gasteiger partial charge on any atom is 0.407 e. The van der Waals surface area contributed by atoms with Crippen molar-refractivity contribution >= 4 is 23.3 Å². The molecule has 0 saturated carbocycles. The quantitative estimate of drug-likeness (QED) is 0.221. The van der Waals surface area contributed by atoms with E-state index in [1.807, 2.05) is 0 Å². The Kier molecular flexibility index (Phi) is 12.5. The van der Waals surface area contributed by atoms with Crippen LogP contribution in [0.25, 0.3) is 0 Å². The molecular weight excluding hydrogens is 827 g/mol. The Balaban J connectivity index is 0.956. The van der Waals surface area contributed by atoms with Crippen molar-refractivity contribution in [1.82, 2.24) is 5.32 Å². The third-order valence-electron chi connectivity index (χ3n) is 15.8. The van der Waals surface area contributed by atoms with Crippen LogP contribution in [-0.2, 0) is 54.0 Å². The van der Waals surface area contributed by atoms with Crippen LogP contribution in [0.4, 0.5) is 10.5 Å². The van der Waals surface area contributed by atoms with Gasteiger partial charge in [0.05, 0.1) is 67.1 Å². The van der Waals surface area contributed by atoms with Gasteiger partial charge in [-0.2, -0.15) is 0 Å². The van der Waals surface area contributed by atoms with E-state index in [1.165, 1.54) is 0 Å². The molecule has 1 amide bonds. The number of nitrogen functional groups attached to an aromatic ring is 1. The van der Waals surface area contributed by atoms with Gasteiger partial charge in [0.2, 0.25) is 5.72 Å². The van der Waals surface area contributed by atoms with Crippen molar-refractivity contribution in [2.45, 2.75) is 201 Å². The van der Waals surface area contributed by atoms with E-state index in [1.54, 1.807) is 31.4 Å². The van der Waals surface area contributed by atoms with Crippen molar-refractivity contribution in [2.75, 3.05) is 19.4 Å². The first-order valence-electron chi connectivity index (χ1n) is 23.9. The van der Waals surface area contributed by atoms with Gasteiger partial charge in [-0.25, -0.2) is 4.79 Å². The lowest BCUT2D eigenvalue weighted by molar-refractivity contribution is -0.330. The number of aliphatic imine (C=N–C) groups is 1. The Morgan fingerprint density at radius 2 is 1.75 bits per heavy atom. The molecule has 10 aliphatic heterocycles. The Morgan fingerprint density at radius 1 is 0.953 bits per heavy atom. The van der Waals surface area contributed by atoms with Gasteiger partial charge < -0.3 is 63.9 Å². The second-order valence-electron chi connectivity index (χ2n) is 20.3. The van der Waals surface area contributed by atoms with Gasteiger partial charge in [0.25, 0.3) is 0 Å². The predicted octanol–water partition coefficient (Wildman–Crippen LogP) is 4.44. The number of carbonyl (C=O) groups is 2. The summed E-state index contributed by atoms with van der Waals surface area (Å²) in [6, 6.07) is 7.05. The maximum absolute atomic E-state index is 14.4. The highest BCUT2D eigenvalue weighted by Gasteiger charge is 2.68. The van der Waals surface area contributed by atoms with Crippen LogP contribution in [0.3, 0.4) is 0 Å². The number of amides is 1. The van der Waals surface area contributed by atoms with E-state index < -0.39 is 84.7 Å². The number of methoxy groups -OCH3 is 1. The molecule has 16 heteroatoms. The number of aliphatic hydroxyl groups excluding tert-OH is 2. The average molecular weight is 894 g/mol. The van der Waals surface area contributed by atoms with Crippen LogP contribution in [0.2, 0.25) is 0 Å². The third kappa shape index (κ3) is 8.58. The molecule has 0 aliphatic carbocycles. The number of anilines is 1. The molecule has 2 spiro atoms. The number of fused-ring (bicyclic) bond motifs is 8. The van der Waals surface area contributed by atoms with Crippen molar-refractivity contribution in [3.63, 3.8) is 0 Å². The lowest BCUT2D eigenvalue weighted by Crippen LogP contribution is -2.69. The molecule has 1 aromatic carbocycles. The number of hydrogen-bond acceptors (Lipinski definition) is 15. The van der Waals surface area contributed by atoms with Gasteiger partial charge in [0.1, 0.15) is 30.7 Å². The molecule has 16 nitrogen and oxygen atoms in total. The van der Waals surface area contributed by atoms with E-state index in [4.69, 9.17) is 53.4 Å². The van der Waals surface area contributed by atoms with Gasteiger partial charge in [-0.1, -0.05) is 32.6 Å². The predicted molar refractivity (Wildman–Crippen MR) is 230 cm³/mol. The number of nitrogens with zero attached hydrogens (tertiary/aromatic N) is 1. The zero-order valence-corrected chi connectivity index (χ0v) is 37.3. The number of Topliss-reactive ketones (excluding diaryl/α,β-unsaturated/α-hetero) is 1. The lowest BCUT2D eigenvalue weighted by atomic mass is 9.75. The molecule has 2 unspecified atom stereocenters. The van der Waals surface area contributed by atoms with Crippen molar-refractivity contribution in [3.8, 4) is 0 Å². The molecule has 11 bridgehead atoms. The van der Waals surface area contributed by atoms with E-state index in [9.17, 15) is 19.8 Å². The van der Waals surface area contributed by atoms with Gasteiger partial charge in [-0.05, 0) is 74.1 Å². The fourth-order valence-electron chi connectivity index (χ4n) is 12.7. The maximum atomic E-state index is 14.4. The number of nitrogens with one attached hydrogen (secondary N) is 1. The SMILES string of the molecule is C=C1C[C@@H]2CC[C@]34C[C@@H](O)[C@H](O3)C3O[C@H]5CC[C@@H]6CC(=O)C[C@@H]7[C@@H](OC)[C@@H](C[C@H](O)CNC(=O)OCc8ccc(N)cc8)O[C@H]7C[C@H]7O[C@@H](CC[C@@H]1O2)C[C@@H](C)C7=N[C@@]5(O6)[C@H](O4)C3C. The van der Waals surface area contributed by atoms with Crippen LogP contribution in [0.5, 0.6) is 0 Å². The third-order valence-corrected chi connectivity index (χ3v) is 15.8. The van der Waals surface area contributed by atoms with Gasteiger partial charge >= 0.3 is 6.09 Å². The Labute approximate surface area is 375 Å². The highest BCUT2D eigenvalue weighted by molar-refractivity contribution is 5.92. The van der Waals surface area contributed by atoms with E-state index >= 15 is 0 Å². The molecule has 10 heterocycles. The molecule has 5 N–H and O–H groups in total. The van der Waals surface area contributed by atoms with Crippen molar-refractivity contribution in [2.24, 2.45) is 22.7 Å². The number of carbonyl (C=O) groups excluding carboxylic acids is 2. The first-order valence-corrected chi connectivity index (χ1v) is 23.9. The number of alkyl carbamates (subject to hydrolysis) is 1. The second-order valence-corrected chi connectivity index (χ2v) is 20.3. The largest absolute Gasteiger partial charge is 0.445 e. The number of hydrogen-bond donors (Lipinski definition) is 4. The summed E-state index contributed by atoms with van der Waals surface area (Å²) in [6.07, 6.45) is -0.702. The van der Waals surface area contributed by atoms with Crippen molar-refractivity contribution in [1.29, 1.82) is 0 Å². The second kappa shape index (κ2) is 17.9. The first-order chi connectivity index (χ1) is 30.8. The summed E-state index contributed by atoms with van der Waals surface area (Å²) in [5.74, 6) is -1.70. The molecule has 64 heavy (non-hydrogen) atoms. The number of aliphatic hydroxyl groups is 2. The molecule has 0 radical (unpaired) electrons. The zero-order chi connectivity index (χ0) is 44.5. The molecule has 352 valence electrons. The number of rotatable bonds is 7. The van der Waals surface area contributed by atoms with Gasteiger partial charge in [-0.15, -0.1) is 0 Å². The van der Waals surface area contributed by atoms with E-state index in [2.05, 4.69) is 25.7 Å². The number of ether oxygens (including phenoxy) is 9. The lowest BCUT2D eigenvalue weighted by Gasteiger charge is -2.56. The van der Waals surface area contributed by atoms with Crippen LogP contribution >= 0.6 is 0 Å². The zero-order valence-electron chi connectivity index (χ0n) is 37.3. The smallest absolute Gasteiger partial charge is 0.407 e. The minimum Gasteiger partial charge on any atom is -0.445 e. The van der Waals surface area contributed by atoms with E-state index in [0.29, 0.717) is 44.2 Å². The van der Waals surface area contributed by atoms with E-state index in [-0.39, 0.29) is 74.3 Å². The first kappa shape index (κ1) is 44.8. The molecular formula is C48H67N3O13. The molecule has 10 aliphatic rings. The summed E-state index contributed by atoms with van der Waals surface area (Å²) in [4.78, 5) is 32.7. The van der Waals surface area contributed by atoms with Crippen LogP contribution in [0.15, 0.2) is 41.4 Å². The Bertz CT molecular complexity index is 1940. The van der Waals surface area contributed by atoms with Gasteiger partial charge in [0, 0.05) is 75.4 Å². The number of benzene rings is 1. The monoisotopic (exact) mass is 893 g/mol. The minimum atomic E-state index is -1.30. The summed E-state index contributed by atoms with van der Waals surface area (Å²) >= 11 is 0. The average Bonchev–Trinajstić information content (AvgIpc) is 3.88. The molecule has 7 fully saturated rings. The van der Waals surface area contributed by atoms with Gasteiger partial charge in [0.15, 0.2) is 5.79 Å². The topological polar surface area (TPSA) is 208 Å². The van der Waals surface area contributed by atoms with Crippen LogP contribution in [0.1, 0.15) is 103 Å². The summed E-state index contributed by atoms with van der Waals surface area (Å²) < 4.78 is 60.7. The molecule has 0 aromatic heterocycles. The highest BCUT2D eigenvalue weighted by atomic mass is 16.7. The van der Waals surface area contributed by atoms with Crippen molar-refractivity contribution in [3.05, 3.63) is 42.0 Å². The molecule has 11 rings (SSSR count). The summed E-state index contributed by atoms with van der Waals surface area (Å²) in [7, 11) is 1.62. The standard InChI is InChI=1S/C48H67N3O13/c1-24-15-32-13-14-47-21-35(54)44(63-47)42-26(3)45(64-47)48-40(61-42)12-10-33(62-48)17-29(52)18-34-37(20-38-41(51-48)25(2)16-31(59-38)9-11-36(24)58-32)60-39(43(34)56-4)19-30(53)22-50-46(55)57-23-27-5-7-28(49)8-6-27/h5-8,25-26,30-40,42-45,53-54H,1,9-23,49H2,2-4H3,(H,50,55)/t25-,26?,30+,31+,32+,33-,34+,35-,36+,37+,38-,39-,40+,42?,43-,44+,45-,47+,48+/m1/s1. The Morgan fingerprint density at radius 3 is 2.56 bits per heavy atom. The van der Waals surface area contributed by atoms with Crippen molar-refractivity contribution < 1.29 is 62.4 Å². The summed E-state index contributed by atoms with van der Waals surface area (Å²) in [6.45, 7) is 8.71. The fraction of sp³-hybridized carbons (Fsp3) is 0.771.